The SMILES string of the molecule is CCCCCCCCC(CCCCC)CN1C(=O)C2=C(c3ccc(-c4cc5c(C)c6sc(-c7sc(-c8cc9c(C)c%10sc(C)cc%10c(C)c9s8)c8c7C(=O)N(CC(CC)CCCC)C8=O)cc6c(C)c5s4)s3)N(CC(CCCCC)CCCCCCCC)C(=O)C2=C1c1ccc(C)s1. The van der Waals surface area contributed by atoms with Crippen molar-refractivity contribution in [3.05, 3.63) is 113 Å². The first-order chi connectivity index (χ1) is 47.5. The molecule has 0 saturated carbocycles. The van der Waals surface area contributed by atoms with Gasteiger partial charge in [0.15, 0.2) is 0 Å². The van der Waals surface area contributed by atoms with Gasteiger partial charge in [-0.1, -0.05) is 176 Å². The number of unbranched alkanes of at least 4 members (excludes halogenated alkanes) is 15. The summed E-state index contributed by atoms with van der Waals surface area (Å²) in [5.74, 6) is 0.644. The van der Waals surface area contributed by atoms with Gasteiger partial charge in [0.05, 0.1) is 53.2 Å². The lowest BCUT2D eigenvalue weighted by Crippen LogP contribution is -2.34. The van der Waals surface area contributed by atoms with E-state index in [2.05, 4.69) is 141 Å². The van der Waals surface area contributed by atoms with E-state index in [9.17, 15) is 0 Å². The van der Waals surface area contributed by atoms with Crippen molar-refractivity contribution in [3.8, 4) is 29.3 Å². The predicted octanol–water partition coefficient (Wildman–Crippen LogP) is 27.1. The summed E-state index contributed by atoms with van der Waals surface area (Å²) in [4.78, 5) is 78.7. The fourth-order valence-electron chi connectivity index (χ4n) is 16.0. The van der Waals surface area contributed by atoms with Gasteiger partial charge < -0.3 is 9.80 Å². The van der Waals surface area contributed by atoms with E-state index in [1.165, 1.54) is 161 Å². The van der Waals surface area contributed by atoms with Crippen molar-refractivity contribution in [2.45, 2.75) is 250 Å². The highest BCUT2D eigenvalue weighted by Gasteiger charge is 2.50. The van der Waals surface area contributed by atoms with Crippen LogP contribution in [0.15, 0.2) is 59.7 Å². The number of hydrogen-bond donors (Lipinski definition) is 0. The van der Waals surface area contributed by atoms with Crippen LogP contribution in [0.1, 0.15) is 271 Å². The topological polar surface area (TPSA) is 78.0 Å². The van der Waals surface area contributed by atoms with E-state index in [1.807, 2.05) is 22.7 Å². The Morgan fingerprint density at radius 2 is 0.684 bits per heavy atom. The summed E-state index contributed by atoms with van der Waals surface area (Å²) in [7, 11) is 0. The van der Waals surface area contributed by atoms with Gasteiger partial charge in [-0.05, 0) is 184 Å². The molecule has 14 heteroatoms. The molecule has 0 spiro atoms. The number of carbonyl (C=O) groups is 4. The van der Waals surface area contributed by atoms with Crippen molar-refractivity contribution in [1.29, 1.82) is 0 Å². The van der Waals surface area contributed by atoms with Crippen LogP contribution in [-0.4, -0.2) is 58.0 Å². The summed E-state index contributed by atoms with van der Waals surface area (Å²) in [6.07, 6.45) is 30.3. The van der Waals surface area contributed by atoms with Crippen LogP contribution in [0.25, 0.3) is 81.0 Å². The number of imide groups is 1. The first kappa shape index (κ1) is 72.7. The van der Waals surface area contributed by atoms with Crippen LogP contribution in [0.4, 0.5) is 0 Å². The zero-order valence-electron chi connectivity index (χ0n) is 60.7. The first-order valence-electron chi connectivity index (χ1n) is 37.8. The molecule has 0 saturated heterocycles. The molecule has 98 heavy (non-hydrogen) atoms. The largest absolute Gasteiger partial charge is 0.306 e. The average Bonchev–Trinajstić information content (AvgIpc) is 1.56. The normalized spacial score (nSPS) is 15.3. The fourth-order valence-corrected chi connectivity index (χ4v) is 24.4. The van der Waals surface area contributed by atoms with Gasteiger partial charge in [-0.3, -0.25) is 24.1 Å². The predicted molar refractivity (Wildman–Crippen MR) is 430 cm³/mol. The second-order valence-corrected chi connectivity index (χ2v) is 36.8. The highest BCUT2D eigenvalue weighted by molar-refractivity contribution is 7.31. The van der Waals surface area contributed by atoms with Crippen LogP contribution in [0.5, 0.6) is 0 Å². The maximum Gasteiger partial charge on any atom is 0.263 e. The average molecular weight is 1450 g/mol. The Hall–Kier alpha value is -5.06. The third-order valence-corrected chi connectivity index (χ3v) is 30.5. The molecule has 4 amide bonds. The maximum absolute atomic E-state index is 16.0. The number of fused-ring (bicyclic) bond motifs is 6. The van der Waals surface area contributed by atoms with Gasteiger partial charge in [-0.15, -0.1) is 79.4 Å². The second kappa shape index (κ2) is 32.5. The summed E-state index contributed by atoms with van der Waals surface area (Å²) in [6, 6.07) is 18.1. The van der Waals surface area contributed by atoms with Crippen molar-refractivity contribution in [3.63, 3.8) is 0 Å². The van der Waals surface area contributed by atoms with Crippen LogP contribution in [-0.2, 0) is 9.59 Å². The van der Waals surface area contributed by atoms with E-state index in [4.69, 9.17) is 0 Å². The van der Waals surface area contributed by atoms with Crippen LogP contribution in [0.2, 0.25) is 0 Å². The van der Waals surface area contributed by atoms with E-state index in [0.29, 0.717) is 53.7 Å². The summed E-state index contributed by atoms with van der Waals surface area (Å²) < 4.78 is 5.02. The van der Waals surface area contributed by atoms with Gasteiger partial charge in [-0.25, -0.2) is 0 Å². The zero-order valence-corrected chi connectivity index (χ0v) is 66.4. The quantitative estimate of drug-likeness (QED) is 0.0287. The Bertz CT molecular complexity index is 4350. The molecule has 9 aromatic rings. The van der Waals surface area contributed by atoms with Crippen molar-refractivity contribution in [2.24, 2.45) is 17.8 Å². The Kier molecular flexibility index (Phi) is 24.1. The molecule has 0 N–H and O–H groups in total. The minimum atomic E-state index is -0.152. The van der Waals surface area contributed by atoms with Crippen LogP contribution >= 0.6 is 79.4 Å². The molecule has 3 atom stereocenters. The highest BCUT2D eigenvalue weighted by Crippen LogP contribution is 2.56. The van der Waals surface area contributed by atoms with Crippen molar-refractivity contribution >= 4 is 155 Å². The number of nitrogens with zero attached hydrogens (tertiary/aromatic N) is 3. The smallest absolute Gasteiger partial charge is 0.263 e. The summed E-state index contributed by atoms with van der Waals surface area (Å²) >= 11 is 12.3. The molecule has 10 heterocycles. The Morgan fingerprint density at radius 1 is 0.316 bits per heavy atom. The van der Waals surface area contributed by atoms with Gasteiger partial charge in [0.2, 0.25) is 0 Å². The van der Waals surface area contributed by atoms with Crippen LogP contribution in [0.3, 0.4) is 0 Å². The molecule has 7 nitrogen and oxygen atoms in total. The number of rotatable bonds is 37. The lowest BCUT2D eigenvalue weighted by Gasteiger charge is -2.29. The highest BCUT2D eigenvalue weighted by atomic mass is 32.1. The van der Waals surface area contributed by atoms with Gasteiger partial charge >= 0.3 is 0 Å². The standard InChI is InChI=1S/C84H105N3O4S7/c1-13-19-24-26-28-32-37-57(35-30-21-15-3)48-85-73(64-40-39-50(7)92-64)69-70(82(85)89)74(86(81(69)88)49-58(36-31-22-16-4)38-33-29-27-25-20-14-2)65-42-41-63(94-65)66-44-60-54(11)78-62(55(12)76(60)95-66)46-68(97-78)80-72-71(83(90)87(84(72)91)47-56(18-6)34-23-17-5)79(98-80)67-45-61-53(10)75-59(43-51(8)93-75)52(9)77(61)96-67/h39-46,56-58H,13-38,47-49H2,1-12H3. The monoisotopic (exact) mass is 1440 g/mol. The molecule has 7 aromatic heterocycles. The molecule has 0 fully saturated rings. The molecule has 2 aromatic carbocycles. The number of thiophene rings is 7. The van der Waals surface area contributed by atoms with Gasteiger partial charge in [0.25, 0.3) is 23.6 Å². The van der Waals surface area contributed by atoms with E-state index in [-0.39, 0.29) is 29.5 Å². The van der Waals surface area contributed by atoms with Gasteiger partial charge in [0, 0.05) is 67.7 Å². The minimum absolute atomic E-state index is 0.000927. The molecule has 0 radical (unpaired) electrons. The van der Waals surface area contributed by atoms with Gasteiger partial charge in [0.1, 0.15) is 0 Å². The van der Waals surface area contributed by atoms with E-state index < -0.39 is 0 Å². The van der Waals surface area contributed by atoms with E-state index >= 15 is 19.2 Å². The molecule has 522 valence electrons. The first-order valence-corrected chi connectivity index (χ1v) is 43.5. The number of amides is 4. The molecular formula is C84H105N3O4S7. The van der Waals surface area contributed by atoms with Crippen molar-refractivity contribution in [2.75, 3.05) is 19.6 Å². The summed E-state index contributed by atoms with van der Waals surface area (Å²) in [5.41, 5.74) is 9.05. The van der Waals surface area contributed by atoms with Crippen molar-refractivity contribution < 1.29 is 19.2 Å². The van der Waals surface area contributed by atoms with E-state index in [0.717, 1.165) is 129 Å². The molecule has 3 aliphatic rings. The van der Waals surface area contributed by atoms with Gasteiger partial charge in [-0.2, -0.15) is 0 Å². The van der Waals surface area contributed by atoms with E-state index in [1.54, 1.807) is 61.6 Å². The van der Waals surface area contributed by atoms with Crippen molar-refractivity contribution in [1.82, 2.24) is 14.7 Å². The summed E-state index contributed by atoms with van der Waals surface area (Å²) in [5, 5.41) is 4.94. The Balaban J connectivity index is 0.928. The lowest BCUT2D eigenvalue weighted by atomic mass is 9.93. The maximum atomic E-state index is 16.0. The zero-order chi connectivity index (χ0) is 69.1. The molecule has 0 aliphatic carbocycles. The number of hydrogen-bond acceptors (Lipinski definition) is 11. The molecule has 0 bridgehead atoms. The molecular weight excluding hydrogens is 1340 g/mol. The fraction of sp³-hybridized carbons (Fsp3) is 0.524. The Labute approximate surface area is 612 Å². The van der Waals surface area contributed by atoms with Crippen LogP contribution < -0.4 is 0 Å². The third-order valence-electron chi connectivity index (χ3n) is 21.8. The molecule has 3 unspecified atom stereocenters. The molecule has 3 aliphatic heterocycles. The number of aryl methyl sites for hydroxylation is 6. The second-order valence-electron chi connectivity index (χ2n) is 29.0. The number of carbonyl (C=O) groups excluding carboxylic acids is 4. The van der Waals surface area contributed by atoms with Crippen LogP contribution in [0, 0.1) is 59.3 Å². The Morgan fingerprint density at radius 3 is 1.14 bits per heavy atom. The number of benzene rings is 2. The molecule has 12 rings (SSSR count). The summed E-state index contributed by atoms with van der Waals surface area (Å²) in [6.45, 7) is 28.5. The lowest BCUT2D eigenvalue weighted by molar-refractivity contribution is -0.124. The third kappa shape index (κ3) is 14.5. The minimum Gasteiger partial charge on any atom is -0.306 e.